The first-order valence-corrected chi connectivity index (χ1v) is 7.39. The van der Waals surface area contributed by atoms with Gasteiger partial charge in [0.2, 0.25) is 0 Å². The monoisotopic (exact) mass is 262 g/mol. The Hall–Kier alpha value is -0.900. The molecule has 2 rings (SSSR count). The molecule has 0 heterocycles. The summed E-state index contributed by atoms with van der Waals surface area (Å²) in [6.45, 7) is 1.94. The molecular formula is C16H26N2O. The van der Waals surface area contributed by atoms with E-state index in [1.54, 1.807) is 0 Å². The molecule has 2 atom stereocenters. The summed E-state index contributed by atoms with van der Waals surface area (Å²) in [7, 11) is 2.22. The van der Waals surface area contributed by atoms with Crippen molar-refractivity contribution in [2.24, 2.45) is 0 Å². The topological polar surface area (TPSA) is 35.5 Å². The summed E-state index contributed by atoms with van der Waals surface area (Å²) in [5.41, 5.74) is 1.37. The van der Waals surface area contributed by atoms with Gasteiger partial charge in [-0.15, -0.1) is 0 Å². The molecular weight excluding hydrogens is 236 g/mol. The zero-order valence-electron chi connectivity index (χ0n) is 11.9. The van der Waals surface area contributed by atoms with Gasteiger partial charge in [0.1, 0.15) is 0 Å². The van der Waals surface area contributed by atoms with Crippen LogP contribution in [-0.2, 0) is 6.54 Å². The maximum Gasteiger partial charge on any atom is 0.0556 e. The Morgan fingerprint density at radius 3 is 2.68 bits per heavy atom. The van der Waals surface area contributed by atoms with Gasteiger partial charge in [-0.3, -0.25) is 4.90 Å². The number of nitrogens with zero attached hydrogens (tertiary/aromatic N) is 1. The number of hydrogen-bond acceptors (Lipinski definition) is 3. The van der Waals surface area contributed by atoms with Gasteiger partial charge in [-0.25, -0.2) is 0 Å². The van der Waals surface area contributed by atoms with Crippen LogP contribution in [0.2, 0.25) is 0 Å². The van der Waals surface area contributed by atoms with Crippen LogP contribution in [0.15, 0.2) is 30.3 Å². The highest BCUT2D eigenvalue weighted by Crippen LogP contribution is 2.23. The molecule has 0 bridgehead atoms. The fraction of sp³-hybridized carbons (Fsp3) is 0.625. The summed E-state index contributed by atoms with van der Waals surface area (Å²) in [4.78, 5) is 2.46. The molecule has 0 saturated heterocycles. The van der Waals surface area contributed by atoms with E-state index in [1.807, 2.05) is 0 Å². The van der Waals surface area contributed by atoms with E-state index in [4.69, 9.17) is 5.11 Å². The van der Waals surface area contributed by atoms with E-state index in [9.17, 15) is 0 Å². The van der Waals surface area contributed by atoms with E-state index in [0.29, 0.717) is 18.6 Å². The van der Waals surface area contributed by atoms with E-state index in [1.165, 1.54) is 31.2 Å². The first-order chi connectivity index (χ1) is 9.31. The van der Waals surface area contributed by atoms with Gasteiger partial charge in [0, 0.05) is 25.2 Å². The summed E-state index contributed by atoms with van der Waals surface area (Å²) < 4.78 is 0. The average Bonchev–Trinajstić information content (AvgIpc) is 2.46. The highest BCUT2D eigenvalue weighted by Gasteiger charge is 2.27. The Kier molecular flexibility index (Phi) is 5.83. The number of aliphatic hydroxyl groups excluding tert-OH is 1. The zero-order chi connectivity index (χ0) is 13.5. The second-order valence-corrected chi connectivity index (χ2v) is 5.54. The van der Waals surface area contributed by atoms with Gasteiger partial charge in [0.15, 0.2) is 0 Å². The average molecular weight is 262 g/mol. The molecule has 1 aromatic rings. The van der Waals surface area contributed by atoms with Crippen molar-refractivity contribution >= 4 is 0 Å². The normalized spacial score (nSPS) is 23.7. The van der Waals surface area contributed by atoms with Crippen molar-refractivity contribution in [3.8, 4) is 0 Å². The van der Waals surface area contributed by atoms with E-state index in [2.05, 4.69) is 47.6 Å². The fourth-order valence-corrected chi connectivity index (χ4v) is 3.12. The number of benzene rings is 1. The van der Waals surface area contributed by atoms with E-state index >= 15 is 0 Å². The number of nitrogens with one attached hydrogen (secondary N) is 1. The highest BCUT2D eigenvalue weighted by molar-refractivity contribution is 5.14. The molecule has 1 aromatic carbocycles. The van der Waals surface area contributed by atoms with Crippen molar-refractivity contribution in [1.29, 1.82) is 0 Å². The summed E-state index contributed by atoms with van der Waals surface area (Å²) in [5, 5.41) is 12.5. The van der Waals surface area contributed by atoms with Gasteiger partial charge < -0.3 is 10.4 Å². The minimum Gasteiger partial charge on any atom is -0.395 e. The number of aliphatic hydroxyl groups is 1. The van der Waals surface area contributed by atoms with Crippen molar-refractivity contribution in [2.75, 3.05) is 20.2 Å². The lowest BCUT2D eigenvalue weighted by Crippen LogP contribution is -2.50. The second kappa shape index (κ2) is 7.63. The van der Waals surface area contributed by atoms with Crippen LogP contribution in [0.25, 0.3) is 0 Å². The molecule has 1 aliphatic rings. The van der Waals surface area contributed by atoms with Crippen molar-refractivity contribution in [3.63, 3.8) is 0 Å². The zero-order valence-corrected chi connectivity index (χ0v) is 11.9. The largest absolute Gasteiger partial charge is 0.395 e. The molecule has 3 nitrogen and oxygen atoms in total. The summed E-state index contributed by atoms with van der Waals surface area (Å²) in [5.74, 6) is 0. The van der Waals surface area contributed by atoms with Crippen molar-refractivity contribution in [2.45, 2.75) is 44.3 Å². The SMILES string of the molecule is CN(Cc1ccccc1)[C@@H]1CCCC[C@@H]1NCCO. The Labute approximate surface area is 116 Å². The standard InChI is InChI=1S/C16H26N2O/c1-18(13-14-7-3-2-4-8-14)16-10-6-5-9-15(16)17-11-12-19/h2-4,7-8,15-17,19H,5-6,9-13H2,1H3/t15-,16+/m0/s1. The van der Waals surface area contributed by atoms with Crippen LogP contribution in [0, 0.1) is 0 Å². The Morgan fingerprint density at radius 1 is 1.21 bits per heavy atom. The maximum absolute atomic E-state index is 8.98. The van der Waals surface area contributed by atoms with Crippen LogP contribution >= 0.6 is 0 Å². The summed E-state index contributed by atoms with van der Waals surface area (Å²) in [6.07, 6.45) is 5.11. The van der Waals surface area contributed by atoms with Crippen molar-refractivity contribution in [3.05, 3.63) is 35.9 Å². The Balaban J connectivity index is 1.93. The van der Waals surface area contributed by atoms with Crippen LogP contribution in [0.1, 0.15) is 31.2 Å². The summed E-state index contributed by atoms with van der Waals surface area (Å²) >= 11 is 0. The number of hydrogen-bond donors (Lipinski definition) is 2. The van der Waals surface area contributed by atoms with Gasteiger partial charge >= 0.3 is 0 Å². The van der Waals surface area contributed by atoms with Crippen LogP contribution in [-0.4, -0.2) is 42.3 Å². The molecule has 1 saturated carbocycles. The lowest BCUT2D eigenvalue weighted by molar-refractivity contribution is 0.138. The van der Waals surface area contributed by atoms with E-state index in [-0.39, 0.29) is 6.61 Å². The molecule has 0 amide bonds. The smallest absolute Gasteiger partial charge is 0.0556 e. The number of rotatable bonds is 6. The molecule has 106 valence electrons. The van der Waals surface area contributed by atoms with Gasteiger partial charge in [0.25, 0.3) is 0 Å². The Bertz CT molecular complexity index is 355. The molecule has 2 N–H and O–H groups in total. The molecule has 0 radical (unpaired) electrons. The predicted octanol–water partition coefficient (Wildman–Crippen LogP) is 2.01. The van der Waals surface area contributed by atoms with Crippen molar-refractivity contribution in [1.82, 2.24) is 10.2 Å². The molecule has 1 aliphatic carbocycles. The minimum absolute atomic E-state index is 0.228. The van der Waals surface area contributed by atoms with Crippen LogP contribution < -0.4 is 5.32 Å². The first kappa shape index (κ1) is 14.5. The molecule has 0 spiro atoms. The molecule has 0 aromatic heterocycles. The van der Waals surface area contributed by atoms with Gasteiger partial charge in [-0.1, -0.05) is 43.2 Å². The maximum atomic E-state index is 8.98. The second-order valence-electron chi connectivity index (χ2n) is 5.54. The van der Waals surface area contributed by atoms with Crippen molar-refractivity contribution < 1.29 is 5.11 Å². The minimum atomic E-state index is 0.228. The lowest BCUT2D eigenvalue weighted by Gasteiger charge is -2.38. The lowest BCUT2D eigenvalue weighted by atomic mass is 9.89. The third-order valence-electron chi connectivity index (χ3n) is 4.09. The van der Waals surface area contributed by atoms with Crippen LogP contribution in [0.3, 0.4) is 0 Å². The molecule has 0 aliphatic heterocycles. The fourth-order valence-electron chi connectivity index (χ4n) is 3.12. The van der Waals surface area contributed by atoms with Gasteiger partial charge in [-0.2, -0.15) is 0 Å². The predicted molar refractivity (Wildman–Crippen MR) is 79.0 cm³/mol. The van der Waals surface area contributed by atoms with Crippen LogP contribution in [0.5, 0.6) is 0 Å². The number of likely N-dealkylation sites (N-methyl/N-ethyl adjacent to an activating group) is 1. The quantitative estimate of drug-likeness (QED) is 0.823. The van der Waals surface area contributed by atoms with Crippen LogP contribution in [0.4, 0.5) is 0 Å². The van der Waals surface area contributed by atoms with E-state index < -0.39 is 0 Å². The van der Waals surface area contributed by atoms with Gasteiger partial charge in [0.05, 0.1) is 6.61 Å². The molecule has 3 heteroatoms. The first-order valence-electron chi connectivity index (χ1n) is 7.39. The van der Waals surface area contributed by atoms with E-state index in [0.717, 1.165) is 6.54 Å². The molecule has 19 heavy (non-hydrogen) atoms. The Morgan fingerprint density at radius 2 is 1.95 bits per heavy atom. The molecule has 0 unspecified atom stereocenters. The third kappa shape index (κ3) is 4.30. The highest BCUT2D eigenvalue weighted by atomic mass is 16.3. The summed E-state index contributed by atoms with van der Waals surface area (Å²) in [6, 6.07) is 11.8. The third-order valence-corrected chi connectivity index (χ3v) is 4.09. The molecule has 1 fully saturated rings. The van der Waals surface area contributed by atoms with Gasteiger partial charge in [-0.05, 0) is 25.5 Å².